The molecular weight excluding hydrogens is 741 g/mol. The second-order valence-corrected chi connectivity index (χ2v) is 15.5. The zero-order valence-corrected chi connectivity index (χ0v) is 35.1. The number of rotatable bonds is 38. The first-order valence-corrected chi connectivity index (χ1v) is 22.3. The summed E-state index contributed by atoms with van der Waals surface area (Å²) in [6.07, 6.45) is 32.1. The molecule has 0 bridgehead atoms. The number of carbonyl (C=O) groups is 3. The van der Waals surface area contributed by atoms with Gasteiger partial charge in [0, 0.05) is 12.8 Å². The van der Waals surface area contributed by atoms with Gasteiger partial charge in [-0.2, -0.15) is 0 Å². The number of allylic oxidation sites excluding steroid dienone is 7. The summed E-state index contributed by atoms with van der Waals surface area (Å²) in [5.41, 5.74) is 5.31. The normalized spacial score (nSPS) is 15.4. The maximum atomic E-state index is 12.6. The molecule has 6 N–H and O–H groups in total. The van der Waals surface area contributed by atoms with Crippen LogP contribution in [0.4, 0.5) is 0 Å². The molecule has 0 aromatic rings. The van der Waals surface area contributed by atoms with Gasteiger partial charge in [0.25, 0.3) is 0 Å². The van der Waals surface area contributed by atoms with Crippen LogP contribution in [0.1, 0.15) is 155 Å². The minimum atomic E-state index is -4.76. The molecule has 0 heterocycles. The molecule has 0 aliphatic rings. The molecule has 324 valence electrons. The number of hydrogen-bond donors (Lipinski definition) is 5. The standard InChI is InChI=1S/C42H74NO12P/c1-3-5-7-9-11-12-13-14-15-16-17-18-19-23-28-32-41(47)55-36(34-53-56(50,51)54-35-37(43)42(48)49)33-52-40(46)31-27-24-20-22-26-30-39(45)38(44)29-25-21-10-8-6-4-2/h11-12,14-15,17-18,21,25,36-39,44-45H,3-10,13,16,19-20,22-24,26-35,43H2,1-2H3,(H,48,49)(H,50,51)/b12-11-,15-14-,18-17-,25-21-/t36-,37+,38-,39-/m1/s1. The number of carboxylic acid groups (broad SMARTS) is 1. The first-order chi connectivity index (χ1) is 26.9. The lowest BCUT2D eigenvalue weighted by atomic mass is 10.0. The van der Waals surface area contributed by atoms with Crippen LogP contribution in [0.25, 0.3) is 0 Å². The summed E-state index contributed by atoms with van der Waals surface area (Å²) in [4.78, 5) is 45.9. The van der Waals surface area contributed by atoms with Crippen molar-refractivity contribution in [3.63, 3.8) is 0 Å². The van der Waals surface area contributed by atoms with Crippen LogP contribution in [0, 0.1) is 0 Å². The molecule has 0 fully saturated rings. The highest BCUT2D eigenvalue weighted by Crippen LogP contribution is 2.43. The van der Waals surface area contributed by atoms with Crippen LogP contribution in [0.3, 0.4) is 0 Å². The van der Waals surface area contributed by atoms with Crippen molar-refractivity contribution in [1.82, 2.24) is 0 Å². The van der Waals surface area contributed by atoms with Crippen molar-refractivity contribution < 1.29 is 57.7 Å². The molecule has 1 unspecified atom stereocenters. The number of aliphatic hydroxyl groups is 2. The minimum absolute atomic E-state index is 0.0791. The van der Waals surface area contributed by atoms with E-state index < -0.39 is 69.9 Å². The fourth-order valence-electron chi connectivity index (χ4n) is 5.27. The molecule has 0 aliphatic heterocycles. The third-order valence-corrected chi connectivity index (χ3v) is 9.70. The molecule has 0 aliphatic carbocycles. The van der Waals surface area contributed by atoms with Crippen LogP contribution in [0.2, 0.25) is 0 Å². The maximum Gasteiger partial charge on any atom is 0.472 e. The van der Waals surface area contributed by atoms with Crippen LogP contribution in [0.5, 0.6) is 0 Å². The summed E-state index contributed by atoms with van der Waals surface area (Å²) in [6.45, 7) is 2.50. The van der Waals surface area contributed by atoms with Crippen molar-refractivity contribution in [3.05, 3.63) is 48.6 Å². The van der Waals surface area contributed by atoms with E-state index >= 15 is 0 Å². The molecule has 56 heavy (non-hydrogen) atoms. The lowest BCUT2D eigenvalue weighted by Crippen LogP contribution is -2.34. The number of esters is 2. The van der Waals surface area contributed by atoms with Gasteiger partial charge in [-0.25, -0.2) is 4.57 Å². The van der Waals surface area contributed by atoms with E-state index in [2.05, 4.69) is 60.9 Å². The Labute approximate surface area is 336 Å². The van der Waals surface area contributed by atoms with Gasteiger partial charge in [0.1, 0.15) is 12.6 Å². The first kappa shape index (κ1) is 53.4. The van der Waals surface area contributed by atoms with Gasteiger partial charge in [-0.1, -0.05) is 114 Å². The van der Waals surface area contributed by atoms with E-state index in [4.69, 9.17) is 24.8 Å². The number of nitrogens with two attached hydrogens (primary N) is 1. The third kappa shape index (κ3) is 34.6. The second-order valence-electron chi connectivity index (χ2n) is 14.1. The van der Waals surface area contributed by atoms with Gasteiger partial charge in [-0.3, -0.25) is 23.4 Å². The fraction of sp³-hybridized carbons (Fsp3) is 0.738. The molecule has 0 rings (SSSR count). The van der Waals surface area contributed by atoms with Gasteiger partial charge in [-0.05, 0) is 77.0 Å². The topological polar surface area (TPSA) is 212 Å². The number of aliphatic carboxylic acids is 1. The number of phosphoric acid groups is 1. The molecule has 0 aromatic heterocycles. The predicted octanol–water partition coefficient (Wildman–Crippen LogP) is 8.56. The van der Waals surface area contributed by atoms with Gasteiger partial charge >= 0.3 is 25.7 Å². The van der Waals surface area contributed by atoms with Crippen LogP contribution in [-0.2, 0) is 37.5 Å². The molecule has 0 amide bonds. The van der Waals surface area contributed by atoms with Crippen molar-refractivity contribution in [2.75, 3.05) is 19.8 Å². The molecule has 0 radical (unpaired) electrons. The summed E-state index contributed by atoms with van der Waals surface area (Å²) in [7, 11) is -4.76. The largest absolute Gasteiger partial charge is 0.480 e. The Morgan fingerprint density at radius 3 is 1.73 bits per heavy atom. The van der Waals surface area contributed by atoms with E-state index in [-0.39, 0.29) is 12.8 Å². The second kappa shape index (κ2) is 36.7. The summed E-state index contributed by atoms with van der Waals surface area (Å²) >= 11 is 0. The zero-order valence-electron chi connectivity index (χ0n) is 34.2. The van der Waals surface area contributed by atoms with Gasteiger partial charge < -0.3 is 35.4 Å². The monoisotopic (exact) mass is 815 g/mol. The number of ether oxygens (including phenoxy) is 2. The van der Waals surface area contributed by atoms with Crippen LogP contribution < -0.4 is 5.73 Å². The molecule has 0 saturated carbocycles. The number of phosphoric ester groups is 1. The number of carboxylic acids is 1. The smallest absolute Gasteiger partial charge is 0.472 e. The Bertz CT molecular complexity index is 1170. The lowest BCUT2D eigenvalue weighted by molar-refractivity contribution is -0.161. The molecule has 0 aromatic carbocycles. The van der Waals surface area contributed by atoms with E-state index in [1.807, 2.05) is 6.08 Å². The minimum Gasteiger partial charge on any atom is -0.480 e. The van der Waals surface area contributed by atoms with Crippen LogP contribution in [0.15, 0.2) is 48.6 Å². The van der Waals surface area contributed by atoms with Gasteiger partial charge in [0.15, 0.2) is 6.10 Å². The number of carbonyl (C=O) groups excluding carboxylic acids is 2. The van der Waals surface area contributed by atoms with Crippen molar-refractivity contribution in [2.24, 2.45) is 5.73 Å². The highest BCUT2D eigenvalue weighted by molar-refractivity contribution is 7.47. The SMILES string of the molecule is CCCCC/C=C\C/C=C\C/C=C\CCCCC(=O)O[C@H](COC(=O)CCCCCCC[C@@H](O)[C@H](O)C/C=C\CCCCC)COP(=O)(O)OC[C@H](N)C(=O)O. The predicted molar refractivity (Wildman–Crippen MR) is 220 cm³/mol. The summed E-state index contributed by atoms with van der Waals surface area (Å²) < 4.78 is 32.5. The average Bonchev–Trinajstić information content (AvgIpc) is 3.17. The first-order valence-electron chi connectivity index (χ1n) is 20.8. The number of hydrogen-bond acceptors (Lipinski definition) is 11. The van der Waals surface area contributed by atoms with Crippen molar-refractivity contribution in [1.29, 1.82) is 0 Å². The van der Waals surface area contributed by atoms with Gasteiger partial charge in [0.2, 0.25) is 0 Å². The molecule has 0 spiro atoms. The van der Waals surface area contributed by atoms with Crippen LogP contribution in [-0.4, -0.2) is 82.3 Å². The number of unbranched alkanes of at least 4 members (excludes halogenated alkanes) is 12. The Balaban J connectivity index is 4.58. The quantitative estimate of drug-likeness (QED) is 0.0171. The highest BCUT2D eigenvalue weighted by atomic mass is 31.2. The lowest BCUT2D eigenvalue weighted by Gasteiger charge is -2.20. The maximum absolute atomic E-state index is 12.6. The van der Waals surface area contributed by atoms with Crippen molar-refractivity contribution in [2.45, 2.75) is 179 Å². The number of aliphatic hydroxyl groups excluding tert-OH is 2. The Morgan fingerprint density at radius 2 is 1.12 bits per heavy atom. The third-order valence-electron chi connectivity index (χ3n) is 8.75. The van der Waals surface area contributed by atoms with Gasteiger partial charge in [0.05, 0.1) is 25.4 Å². The summed E-state index contributed by atoms with van der Waals surface area (Å²) in [5, 5.41) is 29.3. The van der Waals surface area contributed by atoms with E-state index in [0.717, 1.165) is 77.0 Å². The van der Waals surface area contributed by atoms with Gasteiger partial charge in [-0.15, -0.1) is 0 Å². The van der Waals surface area contributed by atoms with E-state index in [9.17, 15) is 34.1 Å². The highest BCUT2D eigenvalue weighted by Gasteiger charge is 2.28. The Morgan fingerprint density at radius 1 is 0.625 bits per heavy atom. The molecule has 14 heteroatoms. The Hall–Kier alpha value is -2.64. The summed E-state index contributed by atoms with van der Waals surface area (Å²) in [6, 6.07) is -1.55. The molecule has 0 saturated heterocycles. The van der Waals surface area contributed by atoms with Crippen LogP contribution >= 0.6 is 7.82 Å². The van der Waals surface area contributed by atoms with E-state index in [1.165, 1.54) is 25.7 Å². The molecule has 5 atom stereocenters. The average molecular weight is 816 g/mol. The van der Waals surface area contributed by atoms with E-state index in [0.29, 0.717) is 25.7 Å². The fourth-order valence-corrected chi connectivity index (χ4v) is 6.05. The van der Waals surface area contributed by atoms with Crippen molar-refractivity contribution >= 4 is 25.7 Å². The zero-order chi connectivity index (χ0) is 41.7. The molecular formula is C42H74NO12P. The molecule has 13 nitrogen and oxygen atoms in total. The summed E-state index contributed by atoms with van der Waals surface area (Å²) in [5.74, 6) is -2.57. The van der Waals surface area contributed by atoms with E-state index in [1.54, 1.807) is 0 Å². The van der Waals surface area contributed by atoms with Crippen molar-refractivity contribution in [3.8, 4) is 0 Å². The Kier molecular flexibility index (Phi) is 35.0.